The van der Waals surface area contributed by atoms with E-state index in [0.717, 1.165) is 23.0 Å². The van der Waals surface area contributed by atoms with Gasteiger partial charge in [-0.1, -0.05) is 46.3 Å². The van der Waals surface area contributed by atoms with E-state index in [1.807, 2.05) is 28.8 Å². The zero-order chi connectivity index (χ0) is 14.5. The minimum absolute atomic E-state index is 0.566. The van der Waals surface area contributed by atoms with Crippen LogP contribution in [0.1, 0.15) is 23.8 Å². The lowest BCUT2D eigenvalue weighted by Gasteiger charge is -2.02. The normalized spacial score (nSPS) is 10.8. The van der Waals surface area contributed by atoms with Crippen molar-refractivity contribution in [2.75, 3.05) is 0 Å². The first-order valence-electron chi connectivity index (χ1n) is 6.09. The topological polar surface area (TPSA) is 41.1 Å². The van der Waals surface area contributed by atoms with Crippen LogP contribution in [0.4, 0.5) is 5.82 Å². The standard InChI is InChI=1S/C14H12BrN3S2/c1-2-7-18-13(12(8-16)20-14(18)19)17-9-10-3-5-11(15)6-4-10/h3-6,9H,2,7H2,1H3/b17-9+. The molecule has 0 N–H and O–H groups in total. The molecule has 102 valence electrons. The molecule has 0 amide bonds. The molecule has 0 radical (unpaired) electrons. The second kappa shape index (κ2) is 6.93. The summed E-state index contributed by atoms with van der Waals surface area (Å²) in [6.07, 6.45) is 2.72. The molecule has 20 heavy (non-hydrogen) atoms. The summed E-state index contributed by atoms with van der Waals surface area (Å²) in [7, 11) is 0. The highest BCUT2D eigenvalue weighted by Crippen LogP contribution is 2.27. The molecule has 1 aromatic carbocycles. The Hall–Kier alpha value is -1.29. The molecule has 0 aliphatic rings. The number of halogens is 1. The monoisotopic (exact) mass is 365 g/mol. The summed E-state index contributed by atoms with van der Waals surface area (Å²) in [5.74, 6) is 0.660. The molecule has 0 spiro atoms. The molecule has 2 rings (SSSR count). The minimum Gasteiger partial charge on any atom is -0.307 e. The van der Waals surface area contributed by atoms with Crippen LogP contribution in [0, 0.1) is 15.3 Å². The summed E-state index contributed by atoms with van der Waals surface area (Å²) < 4.78 is 3.65. The van der Waals surface area contributed by atoms with Gasteiger partial charge in [0.2, 0.25) is 0 Å². The molecule has 0 aliphatic heterocycles. The average molecular weight is 366 g/mol. The van der Waals surface area contributed by atoms with Crippen LogP contribution in [-0.2, 0) is 6.54 Å². The largest absolute Gasteiger partial charge is 0.307 e. The Balaban J connectivity index is 2.39. The number of rotatable bonds is 4. The van der Waals surface area contributed by atoms with E-state index in [1.54, 1.807) is 6.21 Å². The first-order valence-corrected chi connectivity index (χ1v) is 8.11. The summed E-state index contributed by atoms with van der Waals surface area (Å²) in [6, 6.07) is 10.0. The molecule has 0 saturated heterocycles. The number of hydrogen-bond acceptors (Lipinski definition) is 4. The lowest BCUT2D eigenvalue weighted by molar-refractivity contribution is 0.682. The fraction of sp³-hybridized carbons (Fsp3) is 0.214. The van der Waals surface area contributed by atoms with Crippen LogP contribution < -0.4 is 0 Å². The number of benzene rings is 1. The lowest BCUT2D eigenvalue weighted by atomic mass is 10.2. The van der Waals surface area contributed by atoms with Gasteiger partial charge in [-0.2, -0.15) is 5.26 Å². The van der Waals surface area contributed by atoms with Crippen LogP contribution in [0.2, 0.25) is 0 Å². The van der Waals surface area contributed by atoms with Crippen molar-refractivity contribution < 1.29 is 0 Å². The highest BCUT2D eigenvalue weighted by Gasteiger charge is 2.10. The molecule has 0 saturated carbocycles. The van der Waals surface area contributed by atoms with Crippen molar-refractivity contribution in [2.45, 2.75) is 19.9 Å². The quantitative estimate of drug-likeness (QED) is 0.560. The second-order valence-electron chi connectivity index (χ2n) is 4.09. The Morgan fingerprint density at radius 2 is 2.15 bits per heavy atom. The number of nitriles is 1. The molecular formula is C14H12BrN3S2. The number of aromatic nitrogens is 1. The van der Waals surface area contributed by atoms with Gasteiger partial charge in [-0.15, -0.1) is 0 Å². The lowest BCUT2D eigenvalue weighted by Crippen LogP contribution is -1.96. The van der Waals surface area contributed by atoms with Gasteiger partial charge in [0.25, 0.3) is 0 Å². The third-order valence-corrected chi connectivity index (χ3v) is 4.50. The highest BCUT2D eigenvalue weighted by atomic mass is 79.9. The second-order valence-corrected chi connectivity index (χ2v) is 6.65. The van der Waals surface area contributed by atoms with Gasteiger partial charge in [0, 0.05) is 17.2 Å². The van der Waals surface area contributed by atoms with Crippen LogP contribution in [0.3, 0.4) is 0 Å². The predicted molar refractivity (Wildman–Crippen MR) is 89.5 cm³/mol. The van der Waals surface area contributed by atoms with Gasteiger partial charge in [0.15, 0.2) is 14.6 Å². The highest BCUT2D eigenvalue weighted by molar-refractivity contribution is 9.10. The van der Waals surface area contributed by atoms with E-state index in [9.17, 15) is 5.26 Å². The number of nitrogens with zero attached hydrogens (tertiary/aromatic N) is 3. The Bertz CT molecular complexity index is 720. The van der Waals surface area contributed by atoms with Gasteiger partial charge in [0.05, 0.1) is 0 Å². The summed E-state index contributed by atoms with van der Waals surface area (Å²) in [5, 5.41) is 9.18. The number of hydrogen-bond donors (Lipinski definition) is 0. The maximum atomic E-state index is 9.18. The third kappa shape index (κ3) is 3.42. The molecular weight excluding hydrogens is 354 g/mol. The zero-order valence-corrected chi connectivity index (χ0v) is 14.1. The van der Waals surface area contributed by atoms with Crippen molar-refractivity contribution in [3.63, 3.8) is 0 Å². The van der Waals surface area contributed by atoms with Crippen molar-refractivity contribution in [1.82, 2.24) is 4.57 Å². The molecule has 0 bridgehead atoms. The van der Waals surface area contributed by atoms with Crippen molar-refractivity contribution in [1.29, 1.82) is 5.26 Å². The maximum Gasteiger partial charge on any atom is 0.164 e. The molecule has 6 heteroatoms. The van der Waals surface area contributed by atoms with Crippen LogP contribution in [-0.4, -0.2) is 10.8 Å². The van der Waals surface area contributed by atoms with E-state index < -0.39 is 0 Å². The van der Waals surface area contributed by atoms with Crippen LogP contribution in [0.15, 0.2) is 33.7 Å². The summed E-state index contributed by atoms with van der Waals surface area (Å²) >= 11 is 10.0. The van der Waals surface area contributed by atoms with E-state index in [0.29, 0.717) is 14.6 Å². The SMILES string of the molecule is CCCn1c(/N=C/c2ccc(Br)cc2)c(C#N)sc1=S. The van der Waals surface area contributed by atoms with Gasteiger partial charge in [-0.25, -0.2) is 4.99 Å². The molecule has 1 heterocycles. The van der Waals surface area contributed by atoms with E-state index in [4.69, 9.17) is 12.2 Å². The Kier molecular flexibility index (Phi) is 5.24. The summed E-state index contributed by atoms with van der Waals surface area (Å²) in [4.78, 5) is 5.03. The Morgan fingerprint density at radius 3 is 2.75 bits per heavy atom. The molecule has 1 aromatic heterocycles. The van der Waals surface area contributed by atoms with Crippen molar-refractivity contribution in [3.8, 4) is 6.07 Å². The third-order valence-electron chi connectivity index (χ3n) is 2.62. The number of thiazole rings is 1. The van der Waals surface area contributed by atoms with Crippen LogP contribution in [0.5, 0.6) is 0 Å². The summed E-state index contributed by atoms with van der Waals surface area (Å²) in [5.41, 5.74) is 0.984. The van der Waals surface area contributed by atoms with Crippen molar-refractivity contribution >= 4 is 51.5 Å². The minimum atomic E-state index is 0.566. The van der Waals surface area contributed by atoms with Gasteiger partial charge in [-0.3, -0.25) is 0 Å². The molecule has 3 nitrogen and oxygen atoms in total. The molecule has 2 aromatic rings. The molecule has 0 atom stereocenters. The van der Waals surface area contributed by atoms with E-state index in [2.05, 4.69) is 33.9 Å². The van der Waals surface area contributed by atoms with Gasteiger partial charge in [0.1, 0.15) is 6.07 Å². The fourth-order valence-corrected chi connectivity index (χ4v) is 3.16. The smallest absolute Gasteiger partial charge is 0.164 e. The Morgan fingerprint density at radius 1 is 1.45 bits per heavy atom. The number of aliphatic imine (C=N–C) groups is 1. The summed E-state index contributed by atoms with van der Waals surface area (Å²) in [6.45, 7) is 2.86. The predicted octanol–water partition coefficient (Wildman–Crippen LogP) is 5.07. The van der Waals surface area contributed by atoms with Crippen molar-refractivity contribution in [3.05, 3.63) is 43.1 Å². The molecule has 0 aliphatic carbocycles. The maximum absolute atomic E-state index is 9.18. The van der Waals surface area contributed by atoms with Crippen LogP contribution in [0.25, 0.3) is 0 Å². The van der Waals surface area contributed by atoms with Gasteiger partial charge < -0.3 is 4.57 Å². The first-order chi connectivity index (χ1) is 9.65. The van der Waals surface area contributed by atoms with E-state index in [1.165, 1.54) is 11.3 Å². The average Bonchev–Trinajstić information content (AvgIpc) is 2.75. The van der Waals surface area contributed by atoms with Crippen LogP contribution >= 0.6 is 39.5 Å². The van der Waals surface area contributed by atoms with E-state index >= 15 is 0 Å². The Labute approximate surface area is 135 Å². The molecule has 0 fully saturated rings. The van der Waals surface area contributed by atoms with Gasteiger partial charge in [-0.05, 0) is 36.3 Å². The fourth-order valence-electron chi connectivity index (χ4n) is 1.70. The van der Waals surface area contributed by atoms with Crippen molar-refractivity contribution in [2.24, 2.45) is 4.99 Å². The first kappa shape index (κ1) is 15.1. The zero-order valence-electron chi connectivity index (χ0n) is 10.8. The van der Waals surface area contributed by atoms with E-state index in [-0.39, 0.29) is 0 Å². The van der Waals surface area contributed by atoms with Gasteiger partial charge >= 0.3 is 0 Å². The molecule has 0 unspecified atom stereocenters.